The molecule has 192 valence electrons. The van der Waals surface area contributed by atoms with Crippen LogP contribution in [0.15, 0.2) is 30.6 Å². The average Bonchev–Trinajstić information content (AvgIpc) is 3.24. The minimum Gasteiger partial charge on any atom is -0.494 e. The van der Waals surface area contributed by atoms with Gasteiger partial charge in [-0.05, 0) is 37.8 Å². The van der Waals surface area contributed by atoms with Crippen LogP contribution in [0.2, 0.25) is 0 Å². The molecule has 0 N–H and O–H groups in total. The van der Waals surface area contributed by atoms with Gasteiger partial charge in [-0.25, -0.2) is 22.8 Å². The van der Waals surface area contributed by atoms with E-state index in [2.05, 4.69) is 20.2 Å². The molecule has 10 nitrogen and oxygen atoms in total. The second kappa shape index (κ2) is 10.00. The minimum atomic E-state index is -3.63. The van der Waals surface area contributed by atoms with Gasteiger partial charge in [0.2, 0.25) is 5.95 Å². The van der Waals surface area contributed by atoms with Crippen LogP contribution in [0.5, 0.6) is 11.5 Å². The molecule has 1 aliphatic carbocycles. The summed E-state index contributed by atoms with van der Waals surface area (Å²) in [5, 5.41) is 8.15. The van der Waals surface area contributed by atoms with Crippen LogP contribution in [0.25, 0.3) is 5.69 Å². The number of para-hydroxylation sites is 1. The maximum atomic E-state index is 13.7. The first-order chi connectivity index (χ1) is 17.4. The Hall–Kier alpha value is -3.28. The van der Waals surface area contributed by atoms with Crippen molar-refractivity contribution in [3.8, 4) is 17.2 Å². The molecule has 1 aliphatic heterocycles. The molecule has 2 aliphatic rings. The molecule has 5 rings (SSSR count). The number of hydrogen-bond acceptors (Lipinski definition) is 9. The number of piperidine rings is 1. The molecule has 0 spiro atoms. The molecule has 36 heavy (non-hydrogen) atoms. The molecule has 1 saturated carbocycles. The molecule has 3 aromatic rings. The third-order valence-electron chi connectivity index (χ3n) is 6.96. The van der Waals surface area contributed by atoms with E-state index in [1.165, 1.54) is 0 Å². The van der Waals surface area contributed by atoms with Gasteiger partial charge in [-0.3, -0.25) is 4.57 Å². The summed E-state index contributed by atoms with van der Waals surface area (Å²) in [6, 6.07) is 5.43. The zero-order valence-electron chi connectivity index (χ0n) is 20.3. The van der Waals surface area contributed by atoms with Crippen LogP contribution < -0.4 is 14.4 Å². The SMILES string of the molecule is COc1cccc(OC)c1-n1c(CS(=O)(=O)[C@H]2CCCN(c3ncc(F)cn3)C2)nnc1C1CCC1. The summed E-state index contributed by atoms with van der Waals surface area (Å²) in [7, 11) is -0.501. The largest absolute Gasteiger partial charge is 0.494 e. The molecule has 1 saturated heterocycles. The van der Waals surface area contributed by atoms with Crippen LogP contribution in [-0.2, 0) is 15.6 Å². The fourth-order valence-corrected chi connectivity index (χ4v) is 6.55. The molecule has 3 heterocycles. The predicted molar refractivity (Wildman–Crippen MR) is 131 cm³/mol. The monoisotopic (exact) mass is 516 g/mol. The van der Waals surface area contributed by atoms with E-state index >= 15 is 0 Å². The first-order valence-electron chi connectivity index (χ1n) is 12.0. The lowest BCUT2D eigenvalue weighted by Crippen LogP contribution is -2.43. The molecule has 0 radical (unpaired) electrons. The van der Waals surface area contributed by atoms with Gasteiger partial charge in [0.05, 0.1) is 31.9 Å². The maximum absolute atomic E-state index is 13.7. The second-order valence-electron chi connectivity index (χ2n) is 9.17. The average molecular weight is 517 g/mol. The number of nitrogens with zero attached hydrogens (tertiary/aromatic N) is 6. The Kier molecular flexibility index (Phi) is 6.78. The molecule has 0 amide bonds. The second-order valence-corrected chi connectivity index (χ2v) is 11.4. The van der Waals surface area contributed by atoms with Crippen molar-refractivity contribution in [2.75, 3.05) is 32.2 Å². The summed E-state index contributed by atoms with van der Waals surface area (Å²) in [6.07, 6.45) is 6.39. The molecule has 12 heteroatoms. The molecule has 1 atom stereocenters. The van der Waals surface area contributed by atoms with Crippen LogP contribution >= 0.6 is 0 Å². The van der Waals surface area contributed by atoms with Gasteiger partial charge in [0.25, 0.3) is 0 Å². The van der Waals surface area contributed by atoms with E-state index in [4.69, 9.17) is 9.47 Å². The number of sulfone groups is 1. The van der Waals surface area contributed by atoms with Crippen LogP contribution in [-0.4, -0.2) is 65.7 Å². The van der Waals surface area contributed by atoms with Crippen LogP contribution in [0.4, 0.5) is 10.3 Å². The number of rotatable bonds is 8. The van der Waals surface area contributed by atoms with Crippen LogP contribution in [0.3, 0.4) is 0 Å². The number of aromatic nitrogens is 5. The van der Waals surface area contributed by atoms with Crippen LogP contribution in [0.1, 0.15) is 49.7 Å². The fraction of sp³-hybridized carbons (Fsp3) is 0.500. The summed E-state index contributed by atoms with van der Waals surface area (Å²) in [5.74, 6) is 1.85. The first kappa shape index (κ1) is 24.4. The van der Waals surface area contributed by atoms with Crippen molar-refractivity contribution < 1.29 is 22.3 Å². The van der Waals surface area contributed by atoms with Crippen molar-refractivity contribution in [3.05, 3.63) is 48.1 Å². The van der Waals surface area contributed by atoms with E-state index in [-0.39, 0.29) is 18.2 Å². The minimum absolute atomic E-state index is 0.198. The number of halogens is 1. The van der Waals surface area contributed by atoms with Crippen LogP contribution in [0, 0.1) is 5.82 Å². The summed E-state index contributed by atoms with van der Waals surface area (Å²) in [6.45, 7) is 0.841. The Balaban J connectivity index is 1.48. The summed E-state index contributed by atoms with van der Waals surface area (Å²) < 4.78 is 53.6. The number of anilines is 1. The van der Waals surface area contributed by atoms with Crippen molar-refractivity contribution in [2.45, 2.75) is 49.0 Å². The molecular formula is C24H29FN6O4S. The van der Waals surface area contributed by atoms with Crippen molar-refractivity contribution in [1.29, 1.82) is 0 Å². The van der Waals surface area contributed by atoms with E-state index in [1.807, 2.05) is 22.8 Å². The van der Waals surface area contributed by atoms with Gasteiger partial charge >= 0.3 is 0 Å². The lowest BCUT2D eigenvalue weighted by atomic mass is 9.84. The smallest absolute Gasteiger partial charge is 0.225 e. The standard InChI is InChI=1S/C24H29FN6O4S/c1-34-19-9-4-10-20(35-2)22(19)31-21(28-29-23(31)16-6-3-7-16)15-36(32,33)18-8-5-11-30(14-18)24-26-12-17(25)13-27-24/h4,9-10,12-13,16,18H,3,5-8,11,14-15H2,1-2H3/t18-/m0/s1. The van der Waals surface area contributed by atoms with Gasteiger partial charge in [0.15, 0.2) is 21.5 Å². The predicted octanol–water partition coefficient (Wildman–Crippen LogP) is 3.06. The Morgan fingerprint density at radius 2 is 1.72 bits per heavy atom. The lowest BCUT2D eigenvalue weighted by molar-refractivity contribution is 0.378. The quantitative estimate of drug-likeness (QED) is 0.446. The van der Waals surface area contributed by atoms with Crippen molar-refractivity contribution in [1.82, 2.24) is 24.7 Å². The van der Waals surface area contributed by atoms with Gasteiger partial charge in [-0.2, -0.15) is 0 Å². The van der Waals surface area contributed by atoms with Gasteiger partial charge < -0.3 is 14.4 Å². The lowest BCUT2D eigenvalue weighted by Gasteiger charge is -2.32. The Morgan fingerprint density at radius 1 is 1.03 bits per heavy atom. The highest BCUT2D eigenvalue weighted by atomic mass is 32.2. The summed E-state index contributed by atoms with van der Waals surface area (Å²) in [4.78, 5) is 9.84. The molecule has 0 bridgehead atoms. The van der Waals surface area contributed by atoms with E-state index in [0.29, 0.717) is 48.3 Å². The normalized spacial score (nSPS) is 18.6. The highest BCUT2D eigenvalue weighted by Crippen LogP contribution is 2.41. The summed E-state index contributed by atoms with van der Waals surface area (Å²) >= 11 is 0. The van der Waals surface area contributed by atoms with Gasteiger partial charge in [-0.15, -0.1) is 10.2 Å². The first-order valence-corrected chi connectivity index (χ1v) is 13.7. The Labute approximate surface area is 209 Å². The maximum Gasteiger partial charge on any atom is 0.225 e. The highest BCUT2D eigenvalue weighted by Gasteiger charge is 2.36. The number of methoxy groups -OCH3 is 2. The molecule has 2 aromatic heterocycles. The highest BCUT2D eigenvalue weighted by molar-refractivity contribution is 7.91. The van der Waals surface area contributed by atoms with E-state index < -0.39 is 20.9 Å². The van der Waals surface area contributed by atoms with Crippen molar-refractivity contribution in [3.63, 3.8) is 0 Å². The van der Waals surface area contributed by atoms with E-state index in [1.54, 1.807) is 19.1 Å². The van der Waals surface area contributed by atoms with E-state index in [9.17, 15) is 12.8 Å². The Morgan fingerprint density at radius 3 is 2.33 bits per heavy atom. The Bertz CT molecular complexity index is 1300. The van der Waals surface area contributed by atoms with Gasteiger partial charge in [0.1, 0.15) is 28.8 Å². The molecule has 0 unspecified atom stereocenters. The number of hydrogen-bond donors (Lipinski definition) is 0. The van der Waals surface area contributed by atoms with Gasteiger partial charge in [0, 0.05) is 19.0 Å². The topological polar surface area (TPSA) is 112 Å². The molecular weight excluding hydrogens is 487 g/mol. The number of ether oxygens (including phenoxy) is 2. The van der Waals surface area contributed by atoms with Gasteiger partial charge in [-0.1, -0.05) is 12.5 Å². The zero-order chi connectivity index (χ0) is 25.3. The zero-order valence-corrected chi connectivity index (χ0v) is 21.1. The third-order valence-corrected chi connectivity index (χ3v) is 9.02. The third kappa shape index (κ3) is 4.61. The van der Waals surface area contributed by atoms with Crippen molar-refractivity contribution in [2.24, 2.45) is 0 Å². The fourth-order valence-electron chi connectivity index (χ4n) is 4.83. The van der Waals surface area contributed by atoms with Crippen molar-refractivity contribution >= 4 is 15.8 Å². The molecule has 2 fully saturated rings. The molecule has 1 aromatic carbocycles. The summed E-state index contributed by atoms with van der Waals surface area (Å²) in [5.41, 5.74) is 0.601. The van der Waals surface area contributed by atoms with E-state index in [0.717, 1.165) is 37.5 Å². The number of benzene rings is 1.